The van der Waals surface area contributed by atoms with Crippen molar-refractivity contribution in [2.45, 2.75) is 6.54 Å². The Labute approximate surface area is 147 Å². The molecule has 0 atom stereocenters. The fourth-order valence-corrected chi connectivity index (χ4v) is 2.48. The van der Waals surface area contributed by atoms with Crippen LogP contribution >= 0.6 is 0 Å². The van der Waals surface area contributed by atoms with E-state index in [1.165, 1.54) is 24.3 Å². The number of nitrogens with one attached hydrogen (secondary N) is 2. The molecule has 0 radical (unpaired) electrons. The summed E-state index contributed by atoms with van der Waals surface area (Å²) in [6.07, 6.45) is 0. The highest BCUT2D eigenvalue weighted by atomic mass is 16.6. The van der Waals surface area contributed by atoms with Crippen molar-refractivity contribution in [3.8, 4) is 0 Å². The second kappa shape index (κ2) is 7.01. The van der Waals surface area contributed by atoms with Gasteiger partial charge < -0.3 is 10.6 Å². The number of amides is 4. The molecule has 0 aromatic heterocycles. The van der Waals surface area contributed by atoms with Crippen LogP contribution in [0.3, 0.4) is 0 Å². The fraction of sp³-hybridized carbons (Fsp3) is 0.118. The van der Waals surface area contributed by atoms with Crippen molar-refractivity contribution in [1.29, 1.82) is 0 Å². The molecular weight excluding hydrogens is 340 g/mol. The van der Waals surface area contributed by atoms with Crippen LogP contribution in [0.5, 0.6) is 0 Å². The fourth-order valence-electron chi connectivity index (χ4n) is 2.48. The summed E-state index contributed by atoms with van der Waals surface area (Å²) in [6.45, 7) is 0.0846. The molecule has 2 N–H and O–H groups in total. The first-order chi connectivity index (χ1) is 12.4. The van der Waals surface area contributed by atoms with E-state index in [0.717, 1.165) is 4.90 Å². The number of carbonyl (C=O) groups is 3. The van der Waals surface area contributed by atoms with Crippen molar-refractivity contribution in [1.82, 2.24) is 10.2 Å². The van der Waals surface area contributed by atoms with Gasteiger partial charge in [0.15, 0.2) is 0 Å². The molecule has 0 bridgehead atoms. The zero-order chi connectivity index (χ0) is 18.7. The van der Waals surface area contributed by atoms with Gasteiger partial charge in [0.25, 0.3) is 11.6 Å². The van der Waals surface area contributed by atoms with Gasteiger partial charge in [-0.2, -0.15) is 0 Å². The molecule has 1 heterocycles. The molecule has 2 aromatic carbocycles. The van der Waals surface area contributed by atoms with Crippen LogP contribution < -0.4 is 10.6 Å². The summed E-state index contributed by atoms with van der Waals surface area (Å²) in [5.41, 5.74) is 1.34. The number of non-ortho nitro benzene ring substituents is 1. The third kappa shape index (κ3) is 3.66. The molecule has 0 aliphatic carbocycles. The number of rotatable bonds is 5. The van der Waals surface area contributed by atoms with Gasteiger partial charge in [-0.05, 0) is 29.8 Å². The Bertz CT molecular complexity index is 878. The second-order valence-corrected chi connectivity index (χ2v) is 5.60. The van der Waals surface area contributed by atoms with E-state index in [1.807, 2.05) is 0 Å². The maximum Gasteiger partial charge on any atom is 0.324 e. The third-order valence-corrected chi connectivity index (χ3v) is 3.80. The highest BCUT2D eigenvalue weighted by Crippen LogP contribution is 2.17. The Balaban J connectivity index is 1.70. The number of carbonyl (C=O) groups excluding carboxylic acids is 3. The van der Waals surface area contributed by atoms with Crippen LogP contribution in [0.4, 0.5) is 16.2 Å². The normalized spacial score (nSPS) is 13.5. The van der Waals surface area contributed by atoms with Gasteiger partial charge in [0.05, 0.1) is 18.0 Å². The van der Waals surface area contributed by atoms with Crippen molar-refractivity contribution in [3.63, 3.8) is 0 Å². The van der Waals surface area contributed by atoms with Crippen LogP contribution in [0.15, 0.2) is 48.5 Å². The minimum Gasteiger partial charge on any atom is -0.329 e. The average Bonchev–Trinajstić information content (AvgIpc) is 2.94. The zero-order valence-corrected chi connectivity index (χ0v) is 13.5. The van der Waals surface area contributed by atoms with Crippen molar-refractivity contribution < 1.29 is 19.3 Å². The number of nitro groups is 1. The minimum atomic E-state index is -0.541. The molecule has 1 saturated heterocycles. The van der Waals surface area contributed by atoms with Gasteiger partial charge >= 0.3 is 6.03 Å². The number of anilines is 1. The quantitative estimate of drug-likeness (QED) is 0.482. The van der Waals surface area contributed by atoms with E-state index in [1.54, 1.807) is 24.3 Å². The van der Waals surface area contributed by atoms with Crippen LogP contribution in [0, 0.1) is 10.1 Å². The van der Waals surface area contributed by atoms with Crippen LogP contribution in [0.25, 0.3) is 0 Å². The highest BCUT2D eigenvalue weighted by molar-refractivity contribution is 6.04. The summed E-state index contributed by atoms with van der Waals surface area (Å²) in [5, 5.41) is 15.8. The van der Waals surface area contributed by atoms with Gasteiger partial charge in [0.1, 0.15) is 0 Å². The van der Waals surface area contributed by atoms with E-state index in [0.29, 0.717) is 11.3 Å². The summed E-state index contributed by atoms with van der Waals surface area (Å²) in [7, 11) is 0. The molecular formula is C17H14N4O5. The predicted molar refractivity (Wildman–Crippen MR) is 91.4 cm³/mol. The lowest BCUT2D eigenvalue weighted by molar-refractivity contribution is -0.384. The molecule has 2 aromatic rings. The van der Waals surface area contributed by atoms with Gasteiger partial charge in [-0.3, -0.25) is 24.6 Å². The van der Waals surface area contributed by atoms with Crippen molar-refractivity contribution in [3.05, 3.63) is 69.8 Å². The molecule has 1 fully saturated rings. The number of nitrogens with zero attached hydrogens (tertiary/aromatic N) is 2. The van der Waals surface area contributed by atoms with Crippen LogP contribution in [0.1, 0.15) is 15.9 Å². The molecule has 0 spiro atoms. The van der Waals surface area contributed by atoms with E-state index in [4.69, 9.17) is 0 Å². The van der Waals surface area contributed by atoms with Crippen LogP contribution in [0.2, 0.25) is 0 Å². The largest absolute Gasteiger partial charge is 0.329 e. The maximum absolute atomic E-state index is 12.2. The van der Waals surface area contributed by atoms with Crippen molar-refractivity contribution in [2.24, 2.45) is 0 Å². The summed E-state index contributed by atoms with van der Waals surface area (Å²) >= 11 is 0. The van der Waals surface area contributed by atoms with Crippen LogP contribution in [-0.4, -0.2) is 34.2 Å². The lowest BCUT2D eigenvalue weighted by atomic mass is 10.1. The number of urea groups is 1. The molecule has 1 aliphatic rings. The Morgan fingerprint density at radius 2 is 1.92 bits per heavy atom. The topological polar surface area (TPSA) is 122 Å². The predicted octanol–water partition coefficient (Wildman–Crippen LogP) is 1.90. The first-order valence-corrected chi connectivity index (χ1v) is 7.67. The van der Waals surface area contributed by atoms with Gasteiger partial charge in [-0.1, -0.05) is 12.1 Å². The van der Waals surface area contributed by atoms with Gasteiger partial charge in [0.2, 0.25) is 5.91 Å². The third-order valence-electron chi connectivity index (χ3n) is 3.80. The first-order valence-electron chi connectivity index (χ1n) is 7.67. The smallest absolute Gasteiger partial charge is 0.324 e. The monoisotopic (exact) mass is 354 g/mol. The average molecular weight is 354 g/mol. The van der Waals surface area contributed by atoms with Crippen molar-refractivity contribution in [2.75, 3.05) is 11.9 Å². The van der Waals surface area contributed by atoms with E-state index in [9.17, 15) is 24.5 Å². The van der Waals surface area contributed by atoms with E-state index >= 15 is 0 Å². The molecule has 4 amide bonds. The summed E-state index contributed by atoms with van der Waals surface area (Å²) in [6, 6.07) is 11.5. The van der Waals surface area contributed by atoms with Gasteiger partial charge in [0, 0.05) is 23.4 Å². The van der Waals surface area contributed by atoms with Gasteiger partial charge in [-0.15, -0.1) is 0 Å². The molecule has 9 nitrogen and oxygen atoms in total. The van der Waals surface area contributed by atoms with Crippen molar-refractivity contribution >= 4 is 29.2 Å². The Kier molecular flexibility index (Phi) is 4.61. The molecule has 3 rings (SSSR count). The van der Waals surface area contributed by atoms with Gasteiger partial charge in [-0.25, -0.2) is 4.79 Å². The highest BCUT2D eigenvalue weighted by Gasteiger charge is 2.28. The van der Waals surface area contributed by atoms with E-state index in [-0.39, 0.29) is 30.2 Å². The Hall–Kier alpha value is -3.75. The summed E-state index contributed by atoms with van der Waals surface area (Å²) in [5.74, 6) is -0.734. The van der Waals surface area contributed by atoms with Crippen LogP contribution in [-0.2, 0) is 11.3 Å². The number of imide groups is 1. The summed E-state index contributed by atoms with van der Waals surface area (Å²) in [4.78, 5) is 46.7. The zero-order valence-electron chi connectivity index (χ0n) is 13.5. The molecule has 0 saturated carbocycles. The summed E-state index contributed by atoms with van der Waals surface area (Å²) < 4.78 is 0. The second-order valence-electron chi connectivity index (χ2n) is 5.60. The number of benzene rings is 2. The molecule has 9 heteroatoms. The maximum atomic E-state index is 12.2. The standard InChI is InChI=1S/C17H14N4O5/c22-15-9-18-17(24)20(15)10-11-2-1-3-13(8-11)19-16(23)12-4-6-14(7-5-12)21(25)26/h1-8H,9-10H2,(H,18,24)(H,19,23). The minimum absolute atomic E-state index is 0.0184. The lowest BCUT2D eigenvalue weighted by Gasteiger charge is -2.13. The SMILES string of the molecule is O=C(Nc1cccc(CN2C(=O)CNC2=O)c1)c1ccc([N+](=O)[O-])cc1. The molecule has 0 unspecified atom stereocenters. The lowest BCUT2D eigenvalue weighted by Crippen LogP contribution is -2.30. The molecule has 26 heavy (non-hydrogen) atoms. The number of hydrogen-bond donors (Lipinski definition) is 2. The Morgan fingerprint density at radius 3 is 2.54 bits per heavy atom. The molecule has 132 valence electrons. The number of nitro benzene ring substituents is 1. The first kappa shape index (κ1) is 17.1. The van der Waals surface area contributed by atoms with E-state index < -0.39 is 16.9 Å². The Morgan fingerprint density at radius 1 is 1.19 bits per heavy atom. The van der Waals surface area contributed by atoms with E-state index in [2.05, 4.69) is 10.6 Å². The molecule has 1 aliphatic heterocycles. The number of hydrogen-bond acceptors (Lipinski definition) is 5.